The molecule has 0 radical (unpaired) electrons. The van der Waals surface area contributed by atoms with Crippen LogP contribution in [0.2, 0.25) is 0 Å². The van der Waals surface area contributed by atoms with Crippen LogP contribution >= 0.6 is 11.3 Å². The summed E-state index contributed by atoms with van der Waals surface area (Å²) in [5.41, 5.74) is 1.12. The molecule has 0 unspecified atom stereocenters. The van der Waals surface area contributed by atoms with E-state index in [0.29, 0.717) is 36.2 Å². The molecule has 1 atom stereocenters. The first-order chi connectivity index (χ1) is 10.8. The fourth-order valence-electron chi connectivity index (χ4n) is 2.69. The average Bonchev–Trinajstić information content (AvgIpc) is 2.99. The predicted molar refractivity (Wildman–Crippen MR) is 82.2 cm³/mol. The van der Waals surface area contributed by atoms with Crippen molar-refractivity contribution in [2.24, 2.45) is 0 Å². The molecule has 0 aliphatic carbocycles. The van der Waals surface area contributed by atoms with Crippen molar-refractivity contribution < 1.29 is 19.0 Å². The van der Waals surface area contributed by atoms with Crippen LogP contribution in [0, 0.1) is 0 Å². The maximum atomic E-state index is 12.5. The molecule has 1 amide bonds. The van der Waals surface area contributed by atoms with Gasteiger partial charge in [-0.25, -0.2) is 0 Å². The van der Waals surface area contributed by atoms with Crippen molar-refractivity contribution in [1.29, 1.82) is 0 Å². The zero-order chi connectivity index (χ0) is 14.9. The molecular weight excluding hydrogens is 302 g/mol. The number of amides is 1. The number of para-hydroxylation sites is 1. The second-order valence-corrected chi connectivity index (χ2v) is 6.13. The second-order valence-electron chi connectivity index (χ2n) is 5.25. The minimum absolute atomic E-state index is 0.0374. The summed E-state index contributed by atoms with van der Waals surface area (Å²) >= 11 is 1.34. The van der Waals surface area contributed by atoms with Crippen molar-refractivity contribution in [3.05, 3.63) is 40.1 Å². The van der Waals surface area contributed by atoms with Gasteiger partial charge in [0, 0.05) is 5.38 Å². The molecule has 0 fully saturated rings. The molecule has 2 aliphatic rings. The molecule has 1 aromatic heterocycles. The topological polar surface area (TPSA) is 56.8 Å². The Morgan fingerprint density at radius 3 is 2.95 bits per heavy atom. The third-order valence-corrected chi connectivity index (χ3v) is 4.66. The summed E-state index contributed by atoms with van der Waals surface area (Å²) in [4.78, 5) is 13.0. The van der Waals surface area contributed by atoms with Gasteiger partial charge in [0.2, 0.25) is 0 Å². The lowest BCUT2D eigenvalue weighted by Gasteiger charge is -2.26. The van der Waals surface area contributed by atoms with E-state index in [2.05, 4.69) is 5.32 Å². The van der Waals surface area contributed by atoms with Crippen LogP contribution in [0.15, 0.2) is 29.6 Å². The first kappa shape index (κ1) is 13.5. The second kappa shape index (κ2) is 5.53. The van der Waals surface area contributed by atoms with E-state index in [4.69, 9.17) is 14.2 Å². The van der Waals surface area contributed by atoms with Gasteiger partial charge >= 0.3 is 0 Å². The van der Waals surface area contributed by atoms with Gasteiger partial charge in [-0.15, -0.1) is 11.3 Å². The van der Waals surface area contributed by atoms with Crippen LogP contribution in [0.3, 0.4) is 0 Å². The Morgan fingerprint density at radius 1 is 1.14 bits per heavy atom. The van der Waals surface area contributed by atoms with Crippen LogP contribution in [-0.2, 0) is 6.42 Å². The summed E-state index contributed by atoms with van der Waals surface area (Å²) in [6.07, 6.45) is 0.771. The van der Waals surface area contributed by atoms with Gasteiger partial charge in [0.15, 0.2) is 11.5 Å². The lowest BCUT2D eigenvalue weighted by atomic mass is 10.0. The van der Waals surface area contributed by atoms with E-state index >= 15 is 0 Å². The molecule has 2 aliphatic heterocycles. The van der Waals surface area contributed by atoms with Gasteiger partial charge in [-0.2, -0.15) is 0 Å². The van der Waals surface area contributed by atoms with Crippen LogP contribution in [-0.4, -0.2) is 31.8 Å². The highest BCUT2D eigenvalue weighted by Gasteiger charge is 2.27. The zero-order valence-corrected chi connectivity index (χ0v) is 12.7. The van der Waals surface area contributed by atoms with Gasteiger partial charge in [0.05, 0.1) is 6.04 Å². The van der Waals surface area contributed by atoms with Crippen LogP contribution in [0.1, 0.15) is 15.2 Å². The van der Waals surface area contributed by atoms with Gasteiger partial charge in [0.25, 0.3) is 5.91 Å². The number of hydrogen-bond donors (Lipinski definition) is 1. The monoisotopic (exact) mass is 317 g/mol. The maximum Gasteiger partial charge on any atom is 0.265 e. The number of thiophene rings is 1. The maximum absolute atomic E-state index is 12.5. The molecule has 1 aromatic carbocycles. The molecule has 0 saturated carbocycles. The summed E-state index contributed by atoms with van der Waals surface area (Å²) < 4.78 is 16.7. The number of benzene rings is 1. The van der Waals surface area contributed by atoms with Crippen LogP contribution in [0.25, 0.3) is 0 Å². The van der Waals surface area contributed by atoms with Crippen molar-refractivity contribution in [3.8, 4) is 17.2 Å². The SMILES string of the molecule is O=C(N[C@H]1COc2ccccc2C1)c1scc2c1OCCO2. The standard InChI is InChI=1S/C16H15NO4S/c18-16(15-14-13(9-22-15)19-5-6-20-14)17-11-7-10-3-1-2-4-12(10)21-8-11/h1-4,9,11H,5-8H2,(H,17,18)/t11-/m1/s1. The largest absolute Gasteiger partial charge is 0.491 e. The van der Waals surface area contributed by atoms with Gasteiger partial charge in [0.1, 0.15) is 30.4 Å². The quantitative estimate of drug-likeness (QED) is 0.923. The number of rotatable bonds is 2. The zero-order valence-electron chi connectivity index (χ0n) is 11.8. The average molecular weight is 317 g/mol. The molecular formula is C16H15NO4S. The Labute approximate surface area is 131 Å². The third kappa shape index (κ3) is 2.39. The van der Waals surface area contributed by atoms with Gasteiger partial charge < -0.3 is 19.5 Å². The number of nitrogens with one attached hydrogen (secondary N) is 1. The molecule has 114 valence electrons. The van der Waals surface area contributed by atoms with Crippen LogP contribution in [0.5, 0.6) is 17.2 Å². The Hall–Kier alpha value is -2.21. The number of fused-ring (bicyclic) bond motifs is 2. The summed E-state index contributed by atoms with van der Waals surface area (Å²) in [6, 6.07) is 7.87. The summed E-state index contributed by atoms with van der Waals surface area (Å²) in [6.45, 7) is 1.48. The summed E-state index contributed by atoms with van der Waals surface area (Å²) in [5, 5.41) is 4.84. The fraction of sp³-hybridized carbons (Fsp3) is 0.312. The van der Waals surface area contributed by atoms with E-state index in [1.807, 2.05) is 29.6 Å². The molecule has 22 heavy (non-hydrogen) atoms. The molecule has 0 bridgehead atoms. The lowest BCUT2D eigenvalue weighted by Crippen LogP contribution is -2.42. The van der Waals surface area contributed by atoms with E-state index in [-0.39, 0.29) is 11.9 Å². The smallest absolute Gasteiger partial charge is 0.265 e. The first-order valence-electron chi connectivity index (χ1n) is 7.20. The minimum atomic E-state index is -0.135. The number of hydrogen-bond acceptors (Lipinski definition) is 5. The van der Waals surface area contributed by atoms with Gasteiger partial charge in [-0.05, 0) is 18.1 Å². The Kier molecular flexibility index (Phi) is 3.38. The first-order valence-corrected chi connectivity index (χ1v) is 8.08. The van der Waals surface area contributed by atoms with Crippen molar-refractivity contribution in [2.75, 3.05) is 19.8 Å². The Balaban J connectivity index is 1.48. The number of carbonyl (C=O) groups excluding carboxylic acids is 1. The van der Waals surface area contributed by atoms with E-state index < -0.39 is 0 Å². The molecule has 1 N–H and O–H groups in total. The Morgan fingerprint density at radius 2 is 2.00 bits per heavy atom. The molecule has 2 aromatic rings. The van der Waals surface area contributed by atoms with Crippen LogP contribution in [0.4, 0.5) is 0 Å². The predicted octanol–water partition coefficient (Wildman–Crippen LogP) is 2.25. The van der Waals surface area contributed by atoms with E-state index in [1.165, 1.54) is 11.3 Å². The summed E-state index contributed by atoms with van der Waals surface area (Å²) in [5.74, 6) is 1.99. The van der Waals surface area contributed by atoms with Crippen molar-refractivity contribution in [2.45, 2.75) is 12.5 Å². The molecule has 0 saturated heterocycles. The van der Waals surface area contributed by atoms with Gasteiger partial charge in [-0.3, -0.25) is 4.79 Å². The summed E-state index contributed by atoms with van der Waals surface area (Å²) in [7, 11) is 0. The molecule has 5 nitrogen and oxygen atoms in total. The van der Waals surface area contributed by atoms with E-state index in [0.717, 1.165) is 17.7 Å². The highest BCUT2D eigenvalue weighted by Crippen LogP contribution is 2.39. The van der Waals surface area contributed by atoms with Gasteiger partial charge in [-0.1, -0.05) is 18.2 Å². The molecule has 4 rings (SSSR count). The van der Waals surface area contributed by atoms with Crippen molar-refractivity contribution in [3.63, 3.8) is 0 Å². The van der Waals surface area contributed by atoms with E-state index in [9.17, 15) is 4.79 Å². The highest BCUT2D eigenvalue weighted by molar-refractivity contribution is 7.12. The fourth-order valence-corrected chi connectivity index (χ4v) is 3.52. The van der Waals surface area contributed by atoms with Crippen LogP contribution < -0.4 is 19.5 Å². The molecule has 6 heteroatoms. The third-order valence-electron chi connectivity index (χ3n) is 3.72. The number of ether oxygens (including phenoxy) is 3. The van der Waals surface area contributed by atoms with E-state index in [1.54, 1.807) is 0 Å². The Bertz CT molecular complexity index is 712. The normalized spacial score (nSPS) is 19.0. The van der Waals surface area contributed by atoms with Crippen molar-refractivity contribution in [1.82, 2.24) is 5.32 Å². The molecule has 3 heterocycles. The van der Waals surface area contributed by atoms with Crippen molar-refractivity contribution >= 4 is 17.2 Å². The minimum Gasteiger partial charge on any atom is -0.491 e. The number of carbonyl (C=O) groups is 1. The lowest BCUT2D eigenvalue weighted by molar-refractivity contribution is 0.0910. The molecule has 0 spiro atoms. The highest BCUT2D eigenvalue weighted by atomic mass is 32.1.